The molecule has 0 radical (unpaired) electrons. The van der Waals surface area contributed by atoms with E-state index in [2.05, 4.69) is 18.7 Å². The average Bonchev–Trinajstić information content (AvgIpc) is 2.32. The van der Waals surface area contributed by atoms with Gasteiger partial charge in [0.15, 0.2) is 0 Å². The minimum Gasteiger partial charge on any atom is -0.300 e. The van der Waals surface area contributed by atoms with Crippen molar-refractivity contribution in [2.75, 3.05) is 19.0 Å². The summed E-state index contributed by atoms with van der Waals surface area (Å²) < 4.78 is 0. The summed E-state index contributed by atoms with van der Waals surface area (Å²) in [6, 6.07) is 0.771. The second-order valence-corrected chi connectivity index (χ2v) is 4.76. The van der Waals surface area contributed by atoms with Crippen LogP contribution in [0.5, 0.6) is 0 Å². The zero-order valence-electron chi connectivity index (χ0n) is 8.93. The number of likely N-dealkylation sites (tertiary alicyclic amines) is 1. The summed E-state index contributed by atoms with van der Waals surface area (Å²) in [6.45, 7) is 7.06. The fourth-order valence-corrected chi connectivity index (χ4v) is 2.15. The fourth-order valence-electron chi connectivity index (χ4n) is 2.05. The molecule has 0 spiro atoms. The van der Waals surface area contributed by atoms with E-state index in [1.54, 1.807) is 0 Å². The first-order chi connectivity index (χ1) is 6.24. The summed E-state index contributed by atoms with van der Waals surface area (Å²) in [5.41, 5.74) is 0. The van der Waals surface area contributed by atoms with Gasteiger partial charge in [0, 0.05) is 18.5 Å². The van der Waals surface area contributed by atoms with Crippen LogP contribution in [0.2, 0.25) is 0 Å². The van der Waals surface area contributed by atoms with Gasteiger partial charge in [0.2, 0.25) is 0 Å². The molecule has 1 aliphatic rings. The maximum Gasteiger partial charge on any atom is 0.0261 e. The van der Waals surface area contributed by atoms with Crippen LogP contribution in [0.25, 0.3) is 0 Å². The van der Waals surface area contributed by atoms with Gasteiger partial charge in [-0.05, 0) is 32.2 Å². The molecular weight excluding hydrogens is 182 g/mol. The van der Waals surface area contributed by atoms with E-state index in [-0.39, 0.29) is 0 Å². The van der Waals surface area contributed by atoms with E-state index in [1.807, 2.05) is 0 Å². The third-order valence-corrected chi connectivity index (χ3v) is 3.53. The van der Waals surface area contributed by atoms with E-state index in [0.29, 0.717) is 5.92 Å². The summed E-state index contributed by atoms with van der Waals surface area (Å²) in [4.78, 5) is 2.61. The molecular formula is C11H22ClN. The lowest BCUT2D eigenvalue weighted by atomic mass is 10.1. The number of halogens is 1. The van der Waals surface area contributed by atoms with Gasteiger partial charge in [0.05, 0.1) is 0 Å². The van der Waals surface area contributed by atoms with Crippen LogP contribution in [0.1, 0.15) is 39.5 Å². The Labute approximate surface area is 87.4 Å². The Balaban J connectivity index is 2.35. The van der Waals surface area contributed by atoms with Crippen molar-refractivity contribution in [1.82, 2.24) is 4.90 Å². The first kappa shape index (κ1) is 11.3. The summed E-state index contributed by atoms with van der Waals surface area (Å²) in [5, 5.41) is 0. The molecule has 0 aromatic heterocycles. The molecule has 0 aromatic carbocycles. The Bertz CT molecular complexity index is 138. The van der Waals surface area contributed by atoms with Crippen molar-refractivity contribution < 1.29 is 0 Å². The van der Waals surface area contributed by atoms with Crippen LogP contribution in [-0.2, 0) is 0 Å². The van der Waals surface area contributed by atoms with Gasteiger partial charge in [-0.3, -0.25) is 0 Å². The van der Waals surface area contributed by atoms with Crippen LogP contribution >= 0.6 is 11.6 Å². The predicted molar refractivity (Wildman–Crippen MR) is 59.4 cm³/mol. The molecule has 0 aliphatic carbocycles. The quantitative estimate of drug-likeness (QED) is 0.638. The molecule has 0 amide bonds. The van der Waals surface area contributed by atoms with Gasteiger partial charge in [-0.15, -0.1) is 11.6 Å². The minimum atomic E-state index is 0.641. The highest BCUT2D eigenvalue weighted by Crippen LogP contribution is 2.17. The third kappa shape index (κ3) is 3.86. The van der Waals surface area contributed by atoms with Crippen molar-refractivity contribution in [3.8, 4) is 0 Å². The molecule has 2 atom stereocenters. The first-order valence-electron chi connectivity index (χ1n) is 5.54. The zero-order valence-corrected chi connectivity index (χ0v) is 9.69. The number of rotatable bonds is 3. The van der Waals surface area contributed by atoms with Gasteiger partial charge in [-0.1, -0.05) is 19.8 Å². The lowest BCUT2D eigenvalue weighted by molar-refractivity contribution is 0.191. The molecule has 0 aromatic rings. The predicted octanol–water partition coefficient (Wildman–Crippen LogP) is 3.13. The lowest BCUT2D eigenvalue weighted by Gasteiger charge is -2.28. The minimum absolute atomic E-state index is 0.641. The van der Waals surface area contributed by atoms with Crippen molar-refractivity contribution in [1.29, 1.82) is 0 Å². The van der Waals surface area contributed by atoms with Crippen molar-refractivity contribution >= 4 is 11.6 Å². The molecule has 1 aliphatic heterocycles. The Morgan fingerprint density at radius 2 is 2.15 bits per heavy atom. The van der Waals surface area contributed by atoms with Gasteiger partial charge >= 0.3 is 0 Å². The van der Waals surface area contributed by atoms with Crippen molar-refractivity contribution in [3.05, 3.63) is 0 Å². The highest BCUT2D eigenvalue weighted by Gasteiger charge is 2.18. The Morgan fingerprint density at radius 3 is 2.85 bits per heavy atom. The van der Waals surface area contributed by atoms with E-state index >= 15 is 0 Å². The van der Waals surface area contributed by atoms with Crippen molar-refractivity contribution in [2.45, 2.75) is 45.6 Å². The van der Waals surface area contributed by atoms with E-state index in [9.17, 15) is 0 Å². The van der Waals surface area contributed by atoms with E-state index < -0.39 is 0 Å². The van der Waals surface area contributed by atoms with Gasteiger partial charge in [-0.25, -0.2) is 0 Å². The largest absolute Gasteiger partial charge is 0.300 e. The van der Waals surface area contributed by atoms with Crippen molar-refractivity contribution in [3.63, 3.8) is 0 Å². The van der Waals surface area contributed by atoms with E-state index in [1.165, 1.54) is 38.8 Å². The molecule has 1 saturated heterocycles. The molecule has 0 saturated carbocycles. The standard InChI is InChI=1S/C11H22ClN/c1-10(8-12)9-13-7-5-3-4-6-11(13)2/h10-11H,3-9H2,1-2H3. The van der Waals surface area contributed by atoms with Crippen LogP contribution in [0, 0.1) is 5.92 Å². The van der Waals surface area contributed by atoms with Gasteiger partial charge in [-0.2, -0.15) is 0 Å². The second kappa shape index (κ2) is 5.87. The average molecular weight is 204 g/mol. The monoisotopic (exact) mass is 203 g/mol. The Morgan fingerprint density at radius 1 is 1.38 bits per heavy atom. The zero-order chi connectivity index (χ0) is 9.68. The smallest absolute Gasteiger partial charge is 0.0261 e. The van der Waals surface area contributed by atoms with Gasteiger partial charge < -0.3 is 4.90 Å². The molecule has 0 N–H and O–H groups in total. The molecule has 0 bridgehead atoms. The molecule has 1 heterocycles. The van der Waals surface area contributed by atoms with Crippen LogP contribution < -0.4 is 0 Å². The number of nitrogens with zero attached hydrogens (tertiary/aromatic N) is 1. The van der Waals surface area contributed by atoms with Crippen LogP contribution in [-0.4, -0.2) is 29.9 Å². The van der Waals surface area contributed by atoms with Crippen molar-refractivity contribution in [2.24, 2.45) is 5.92 Å². The van der Waals surface area contributed by atoms with E-state index in [0.717, 1.165) is 11.9 Å². The third-order valence-electron chi connectivity index (χ3n) is 3.00. The van der Waals surface area contributed by atoms with Crippen LogP contribution in [0.15, 0.2) is 0 Å². The number of hydrogen-bond acceptors (Lipinski definition) is 1. The Kier molecular flexibility index (Phi) is 5.12. The Hall–Kier alpha value is 0.250. The molecule has 2 heteroatoms. The summed E-state index contributed by atoms with van der Waals surface area (Å²) in [7, 11) is 0. The van der Waals surface area contributed by atoms with E-state index in [4.69, 9.17) is 11.6 Å². The highest BCUT2D eigenvalue weighted by molar-refractivity contribution is 6.18. The topological polar surface area (TPSA) is 3.24 Å². The molecule has 2 unspecified atom stereocenters. The van der Waals surface area contributed by atoms with Crippen LogP contribution in [0.3, 0.4) is 0 Å². The first-order valence-corrected chi connectivity index (χ1v) is 6.07. The highest BCUT2D eigenvalue weighted by atomic mass is 35.5. The molecule has 78 valence electrons. The normalized spacial score (nSPS) is 28.4. The summed E-state index contributed by atoms with van der Waals surface area (Å²) >= 11 is 5.83. The van der Waals surface area contributed by atoms with Gasteiger partial charge in [0.25, 0.3) is 0 Å². The lowest BCUT2D eigenvalue weighted by Crippen LogP contribution is -2.36. The summed E-state index contributed by atoms with van der Waals surface area (Å²) in [5.74, 6) is 1.44. The van der Waals surface area contributed by atoms with Crippen LogP contribution in [0.4, 0.5) is 0 Å². The second-order valence-electron chi connectivity index (χ2n) is 4.45. The van der Waals surface area contributed by atoms with Gasteiger partial charge in [0.1, 0.15) is 0 Å². The number of alkyl halides is 1. The maximum atomic E-state index is 5.83. The molecule has 1 nitrogen and oxygen atoms in total. The molecule has 13 heavy (non-hydrogen) atoms. The molecule has 1 rings (SSSR count). The SMILES string of the molecule is CC(CCl)CN1CCCCCC1C. The maximum absolute atomic E-state index is 5.83. The summed E-state index contributed by atoms with van der Waals surface area (Å²) in [6.07, 6.45) is 5.57. The number of hydrogen-bond donors (Lipinski definition) is 0. The fraction of sp³-hybridized carbons (Fsp3) is 1.00. The molecule has 1 fully saturated rings.